The van der Waals surface area contributed by atoms with E-state index >= 15 is 0 Å². The highest BCUT2D eigenvalue weighted by atomic mass is 32.1. The molecule has 7 heteroatoms. The van der Waals surface area contributed by atoms with Crippen molar-refractivity contribution in [3.8, 4) is 23.1 Å². The van der Waals surface area contributed by atoms with Crippen LogP contribution >= 0.6 is 12.2 Å². The minimum Gasteiger partial charge on any atom is -0.334 e. The van der Waals surface area contributed by atoms with E-state index in [0.29, 0.717) is 17.5 Å². The highest BCUT2D eigenvalue weighted by molar-refractivity contribution is 7.78. The third kappa shape index (κ3) is 2.49. The lowest BCUT2D eigenvalue weighted by atomic mass is 10.2. The summed E-state index contributed by atoms with van der Waals surface area (Å²) in [6.45, 7) is 0. The summed E-state index contributed by atoms with van der Waals surface area (Å²) in [5.41, 5.74) is 1.50. The van der Waals surface area contributed by atoms with Crippen LogP contribution in [0.25, 0.3) is 23.1 Å². The molecule has 0 aliphatic rings. The molecular weight excluding hydrogens is 274 g/mol. The van der Waals surface area contributed by atoms with Crippen LogP contribution in [-0.4, -0.2) is 25.3 Å². The second-order valence-corrected chi connectivity index (χ2v) is 3.93. The Hall–Kier alpha value is -2.76. The van der Waals surface area contributed by atoms with E-state index < -0.39 is 0 Å². The van der Waals surface area contributed by atoms with Crippen molar-refractivity contribution in [3.05, 3.63) is 42.7 Å². The highest BCUT2D eigenvalue weighted by Crippen LogP contribution is 2.22. The van der Waals surface area contributed by atoms with Crippen molar-refractivity contribution in [2.75, 3.05) is 0 Å². The molecule has 1 aromatic carbocycles. The molecule has 0 radical (unpaired) electrons. The van der Waals surface area contributed by atoms with Gasteiger partial charge >= 0.3 is 0 Å². The van der Waals surface area contributed by atoms with E-state index in [4.69, 9.17) is 4.52 Å². The molecule has 2 heterocycles. The quantitative estimate of drug-likeness (QED) is 0.542. The van der Waals surface area contributed by atoms with Crippen molar-refractivity contribution >= 4 is 23.1 Å². The van der Waals surface area contributed by atoms with Crippen LogP contribution in [0.2, 0.25) is 0 Å². The molecule has 0 saturated carbocycles. The zero-order chi connectivity index (χ0) is 13.8. The summed E-state index contributed by atoms with van der Waals surface area (Å²) >= 11 is 4.55. The third-order valence-corrected chi connectivity index (χ3v) is 2.57. The average molecular weight is 281 g/mol. The lowest BCUT2D eigenvalue weighted by Crippen LogP contribution is -1.88. The number of rotatable bonds is 3. The molecule has 0 atom stereocenters. The van der Waals surface area contributed by atoms with Gasteiger partial charge in [0.15, 0.2) is 0 Å². The third-order valence-electron chi connectivity index (χ3n) is 2.48. The number of aromatic nitrogens is 4. The van der Waals surface area contributed by atoms with Crippen LogP contribution in [0.4, 0.5) is 5.69 Å². The van der Waals surface area contributed by atoms with Crippen molar-refractivity contribution in [2.45, 2.75) is 0 Å². The minimum atomic E-state index is 0.349. The zero-order valence-corrected chi connectivity index (χ0v) is 10.9. The number of nitrogens with zero attached hydrogens (tertiary/aromatic N) is 5. The summed E-state index contributed by atoms with van der Waals surface area (Å²) in [6.07, 6.45) is 3.24. The van der Waals surface area contributed by atoms with Crippen molar-refractivity contribution in [3.63, 3.8) is 0 Å². The molecular formula is C13H7N5OS. The number of thiocarbonyl (C=S) groups is 1. The smallest absolute Gasteiger partial charge is 0.258 e. The average Bonchev–Trinajstić information content (AvgIpc) is 2.99. The molecule has 0 amide bonds. The van der Waals surface area contributed by atoms with E-state index in [1.165, 1.54) is 0 Å². The molecule has 2 aromatic heterocycles. The molecule has 0 aliphatic heterocycles. The van der Waals surface area contributed by atoms with Gasteiger partial charge in [0.05, 0.1) is 10.8 Å². The maximum Gasteiger partial charge on any atom is 0.258 e. The fourth-order valence-corrected chi connectivity index (χ4v) is 1.68. The molecule has 3 rings (SSSR count). The largest absolute Gasteiger partial charge is 0.334 e. The molecule has 6 nitrogen and oxygen atoms in total. The van der Waals surface area contributed by atoms with E-state index in [1.807, 2.05) is 12.1 Å². The summed E-state index contributed by atoms with van der Waals surface area (Å²) in [4.78, 5) is 16.3. The zero-order valence-electron chi connectivity index (χ0n) is 10.1. The fraction of sp³-hybridized carbons (Fsp3) is 0. The summed E-state index contributed by atoms with van der Waals surface area (Å²) < 4.78 is 5.20. The molecule has 0 aliphatic carbocycles. The van der Waals surface area contributed by atoms with Gasteiger partial charge in [-0.2, -0.15) is 9.98 Å². The van der Waals surface area contributed by atoms with Crippen LogP contribution in [0.3, 0.4) is 0 Å². The van der Waals surface area contributed by atoms with Crippen LogP contribution in [-0.2, 0) is 0 Å². The van der Waals surface area contributed by atoms with E-state index in [0.717, 1.165) is 11.3 Å². The Morgan fingerprint density at radius 3 is 2.50 bits per heavy atom. The van der Waals surface area contributed by atoms with E-state index in [-0.39, 0.29) is 0 Å². The number of benzene rings is 1. The Morgan fingerprint density at radius 1 is 1.05 bits per heavy atom. The van der Waals surface area contributed by atoms with Gasteiger partial charge in [-0.1, -0.05) is 5.16 Å². The standard InChI is InChI=1S/C13H7N5OS/c20-8-16-10-4-2-9(3-5-10)13-17-12(18-19-13)11-14-6-1-7-15-11/h1-7H. The number of hydrogen-bond acceptors (Lipinski definition) is 7. The van der Waals surface area contributed by atoms with Crippen molar-refractivity contribution in [1.29, 1.82) is 0 Å². The van der Waals surface area contributed by atoms with Crippen molar-refractivity contribution in [1.82, 2.24) is 20.1 Å². The van der Waals surface area contributed by atoms with Crippen molar-refractivity contribution < 1.29 is 4.52 Å². The fourth-order valence-electron chi connectivity index (χ4n) is 1.58. The predicted molar refractivity (Wildman–Crippen MR) is 75.4 cm³/mol. The molecule has 20 heavy (non-hydrogen) atoms. The topological polar surface area (TPSA) is 77.1 Å². The van der Waals surface area contributed by atoms with E-state index in [2.05, 4.69) is 42.5 Å². The first-order valence-corrected chi connectivity index (χ1v) is 6.07. The molecule has 0 saturated heterocycles. The van der Waals surface area contributed by atoms with Gasteiger partial charge in [-0.3, -0.25) is 0 Å². The van der Waals surface area contributed by atoms with Gasteiger partial charge in [-0.05, 0) is 42.5 Å². The van der Waals surface area contributed by atoms with Gasteiger partial charge < -0.3 is 4.52 Å². The molecule has 0 spiro atoms. The van der Waals surface area contributed by atoms with E-state index in [9.17, 15) is 0 Å². The summed E-state index contributed by atoms with van der Waals surface area (Å²) in [6, 6.07) is 8.93. The second kappa shape index (κ2) is 5.48. The Bertz CT molecular complexity index is 763. The van der Waals surface area contributed by atoms with Crippen LogP contribution in [0, 0.1) is 0 Å². The van der Waals surface area contributed by atoms with Crippen LogP contribution in [0.5, 0.6) is 0 Å². The number of hydrogen-bond donors (Lipinski definition) is 0. The molecule has 0 fully saturated rings. The molecule has 96 valence electrons. The van der Waals surface area contributed by atoms with Crippen LogP contribution in [0.1, 0.15) is 0 Å². The first-order valence-electron chi connectivity index (χ1n) is 5.66. The van der Waals surface area contributed by atoms with Gasteiger partial charge in [-0.25, -0.2) is 9.97 Å². The number of isothiocyanates is 1. The maximum atomic E-state index is 5.20. The first kappa shape index (κ1) is 12.3. The van der Waals surface area contributed by atoms with Crippen LogP contribution < -0.4 is 0 Å². The monoisotopic (exact) mass is 281 g/mol. The predicted octanol–water partition coefficient (Wildman–Crippen LogP) is 2.93. The van der Waals surface area contributed by atoms with Crippen molar-refractivity contribution in [2.24, 2.45) is 4.99 Å². The molecule has 0 unspecified atom stereocenters. The highest BCUT2D eigenvalue weighted by Gasteiger charge is 2.12. The summed E-state index contributed by atoms with van der Waals surface area (Å²) in [5, 5.41) is 6.17. The van der Waals surface area contributed by atoms with Gasteiger partial charge in [-0.15, -0.1) is 0 Å². The SMILES string of the molecule is S=C=Nc1ccc(-c2nc(-c3ncccn3)no2)cc1. The Balaban J connectivity index is 1.92. The maximum absolute atomic E-state index is 5.20. The van der Waals surface area contributed by atoms with Gasteiger partial charge in [0.1, 0.15) is 0 Å². The molecule has 3 aromatic rings. The second-order valence-electron chi connectivity index (χ2n) is 3.75. The number of aliphatic imine (C=N–C) groups is 1. The van der Waals surface area contributed by atoms with Gasteiger partial charge in [0.2, 0.25) is 11.6 Å². The van der Waals surface area contributed by atoms with E-state index in [1.54, 1.807) is 30.6 Å². The van der Waals surface area contributed by atoms with Gasteiger partial charge in [0.25, 0.3) is 5.89 Å². The van der Waals surface area contributed by atoms with Gasteiger partial charge in [0, 0.05) is 18.0 Å². The minimum absolute atomic E-state index is 0.349. The first-order chi connectivity index (χ1) is 9.86. The molecule has 0 bridgehead atoms. The Morgan fingerprint density at radius 2 is 1.80 bits per heavy atom. The van der Waals surface area contributed by atoms with Crippen LogP contribution in [0.15, 0.2) is 52.2 Å². The summed E-state index contributed by atoms with van der Waals surface area (Å²) in [7, 11) is 0. The Labute approximate surface area is 119 Å². The lowest BCUT2D eigenvalue weighted by Gasteiger charge is -1.94. The normalized spacial score (nSPS) is 10.0. The molecule has 0 N–H and O–H groups in total. The Kier molecular flexibility index (Phi) is 3.36. The summed E-state index contributed by atoms with van der Waals surface area (Å²) in [5.74, 6) is 1.16. The lowest BCUT2D eigenvalue weighted by molar-refractivity contribution is 0.432.